The van der Waals surface area contributed by atoms with Gasteiger partial charge in [-0.2, -0.15) is 4.31 Å². The fourth-order valence-corrected chi connectivity index (χ4v) is 6.08. The van der Waals surface area contributed by atoms with E-state index in [1.165, 1.54) is 4.31 Å². The molecule has 0 aromatic heterocycles. The van der Waals surface area contributed by atoms with Crippen LogP contribution in [0.3, 0.4) is 0 Å². The zero-order valence-electron chi connectivity index (χ0n) is 24.1. The summed E-state index contributed by atoms with van der Waals surface area (Å²) in [5.74, 6) is 0.337. The number of nitrogens with zero attached hydrogens (tertiary/aromatic N) is 2. The molecule has 1 N–H and O–H groups in total. The maximum Gasteiger partial charge on any atom is 0.243 e. The summed E-state index contributed by atoms with van der Waals surface area (Å²) >= 11 is 0. The van der Waals surface area contributed by atoms with Gasteiger partial charge < -0.3 is 19.7 Å². The number of hydrogen-bond acceptors (Lipinski definition) is 6. The molecule has 0 spiro atoms. The summed E-state index contributed by atoms with van der Waals surface area (Å²) in [5.41, 5.74) is 1.75. The van der Waals surface area contributed by atoms with Crippen molar-refractivity contribution in [3.8, 4) is 5.75 Å². The Bertz CT molecular complexity index is 1190. The molecule has 2 aromatic rings. The van der Waals surface area contributed by atoms with Crippen LogP contribution < -0.4 is 10.1 Å². The summed E-state index contributed by atoms with van der Waals surface area (Å²) in [4.78, 5) is 28.3. The topological polar surface area (TPSA) is 105 Å². The summed E-state index contributed by atoms with van der Waals surface area (Å²) in [6.45, 7) is 8.08. The number of carbonyl (C=O) groups is 2. The van der Waals surface area contributed by atoms with Gasteiger partial charge in [0.1, 0.15) is 11.8 Å². The molecule has 40 heavy (non-hydrogen) atoms. The van der Waals surface area contributed by atoms with Crippen LogP contribution in [0.2, 0.25) is 0 Å². The van der Waals surface area contributed by atoms with Gasteiger partial charge in [-0.1, -0.05) is 24.3 Å². The van der Waals surface area contributed by atoms with Crippen molar-refractivity contribution in [2.24, 2.45) is 0 Å². The summed E-state index contributed by atoms with van der Waals surface area (Å²) in [6, 6.07) is 13.5. The number of benzene rings is 2. The van der Waals surface area contributed by atoms with Crippen LogP contribution in [0.4, 0.5) is 0 Å². The molecule has 2 amide bonds. The van der Waals surface area contributed by atoms with Crippen LogP contribution in [0.1, 0.15) is 57.6 Å². The minimum absolute atomic E-state index is 0.137. The highest BCUT2D eigenvalue weighted by Crippen LogP contribution is 2.22. The minimum Gasteiger partial charge on any atom is -0.497 e. The van der Waals surface area contributed by atoms with Crippen LogP contribution in [0.25, 0.3) is 0 Å². The van der Waals surface area contributed by atoms with Crippen LogP contribution in [0, 0.1) is 0 Å². The molecule has 1 fully saturated rings. The highest BCUT2D eigenvalue weighted by Gasteiger charge is 2.28. The molecule has 3 rings (SSSR count). The van der Waals surface area contributed by atoms with Crippen molar-refractivity contribution in [2.45, 2.75) is 76.5 Å². The van der Waals surface area contributed by atoms with E-state index in [4.69, 9.17) is 9.47 Å². The van der Waals surface area contributed by atoms with Gasteiger partial charge in [0.15, 0.2) is 0 Å². The van der Waals surface area contributed by atoms with E-state index >= 15 is 0 Å². The third kappa shape index (κ3) is 9.04. The lowest BCUT2D eigenvalue weighted by molar-refractivity contribution is -0.140. The molecule has 0 saturated carbocycles. The van der Waals surface area contributed by atoms with E-state index in [0.717, 1.165) is 24.0 Å². The second-order valence-corrected chi connectivity index (χ2v) is 12.3. The average molecular weight is 574 g/mol. The largest absolute Gasteiger partial charge is 0.497 e. The monoisotopic (exact) mass is 573 g/mol. The van der Waals surface area contributed by atoms with Crippen LogP contribution in [-0.4, -0.2) is 74.9 Å². The Kier molecular flexibility index (Phi) is 12.0. The lowest BCUT2D eigenvalue weighted by atomic mass is 10.1. The number of ether oxygens (including phenoxy) is 2. The molecule has 220 valence electrons. The normalized spacial score (nSPS) is 14.7. The second-order valence-electron chi connectivity index (χ2n) is 10.4. The van der Waals surface area contributed by atoms with Crippen LogP contribution in [0.5, 0.6) is 5.75 Å². The van der Waals surface area contributed by atoms with Crippen molar-refractivity contribution in [3.05, 3.63) is 59.7 Å². The number of amides is 2. The van der Waals surface area contributed by atoms with Gasteiger partial charge >= 0.3 is 0 Å². The van der Waals surface area contributed by atoms with Crippen molar-refractivity contribution in [1.29, 1.82) is 0 Å². The van der Waals surface area contributed by atoms with Crippen molar-refractivity contribution >= 4 is 21.8 Å². The van der Waals surface area contributed by atoms with Crippen molar-refractivity contribution in [2.75, 3.05) is 33.4 Å². The van der Waals surface area contributed by atoms with E-state index in [1.54, 1.807) is 43.2 Å². The fraction of sp³-hybridized carbons (Fsp3) is 0.533. The number of aryl methyl sites for hydroxylation is 1. The fourth-order valence-electron chi connectivity index (χ4n) is 4.56. The minimum atomic E-state index is -3.48. The Morgan fingerprint density at radius 2 is 1.60 bits per heavy atom. The third-order valence-corrected chi connectivity index (χ3v) is 8.92. The predicted molar refractivity (Wildman–Crippen MR) is 154 cm³/mol. The molecule has 0 bridgehead atoms. The van der Waals surface area contributed by atoms with Crippen molar-refractivity contribution in [1.82, 2.24) is 14.5 Å². The van der Waals surface area contributed by atoms with Crippen LogP contribution in [0.15, 0.2) is 53.4 Å². The number of hydrogen-bond donors (Lipinski definition) is 1. The third-order valence-electron chi connectivity index (χ3n) is 7.00. The standard InChI is InChI=1S/C30H43N3O6S/c1-23(2)39-21-7-18-31-30(35)24(3)33(22-26-8-13-27(38-4)14-9-26)29(34)17-12-25-10-15-28(16-11-25)40(36,37)32-19-5-6-20-32/h8-11,13-16,23-24H,5-7,12,17-22H2,1-4H3,(H,31,35). The quantitative estimate of drug-likeness (QED) is 0.326. The van der Waals surface area contributed by atoms with Gasteiger partial charge in [-0.05, 0) is 81.8 Å². The zero-order valence-corrected chi connectivity index (χ0v) is 24.9. The number of sulfonamides is 1. The molecule has 0 radical (unpaired) electrons. The first-order valence-corrected chi connectivity index (χ1v) is 15.5. The van der Waals surface area contributed by atoms with E-state index < -0.39 is 16.1 Å². The maximum absolute atomic E-state index is 13.4. The van der Waals surface area contributed by atoms with E-state index in [9.17, 15) is 18.0 Å². The summed E-state index contributed by atoms with van der Waals surface area (Å²) in [7, 11) is -1.88. The molecule has 1 heterocycles. The number of nitrogens with one attached hydrogen (secondary N) is 1. The first-order valence-electron chi connectivity index (χ1n) is 14.0. The Hall–Kier alpha value is -2.95. The lowest BCUT2D eigenvalue weighted by Gasteiger charge is -2.29. The van der Waals surface area contributed by atoms with E-state index in [-0.39, 0.29) is 35.8 Å². The van der Waals surface area contributed by atoms with Gasteiger partial charge in [0, 0.05) is 39.2 Å². The Morgan fingerprint density at radius 3 is 2.20 bits per heavy atom. The molecule has 9 nitrogen and oxygen atoms in total. The molecular formula is C30H43N3O6S. The highest BCUT2D eigenvalue weighted by atomic mass is 32.2. The smallest absolute Gasteiger partial charge is 0.243 e. The maximum atomic E-state index is 13.4. The predicted octanol–water partition coefficient (Wildman–Crippen LogP) is 3.76. The van der Waals surface area contributed by atoms with E-state index in [2.05, 4.69) is 5.32 Å². The van der Waals surface area contributed by atoms with Crippen LogP contribution >= 0.6 is 0 Å². The summed E-state index contributed by atoms with van der Waals surface area (Å²) in [5, 5.41) is 2.92. The zero-order chi connectivity index (χ0) is 29.1. The number of carbonyl (C=O) groups excluding carboxylic acids is 2. The molecule has 1 aliphatic heterocycles. The Balaban J connectivity index is 1.64. The molecule has 10 heteroatoms. The van der Waals surface area contributed by atoms with E-state index in [0.29, 0.717) is 44.8 Å². The number of rotatable bonds is 15. The molecule has 1 saturated heterocycles. The van der Waals surface area contributed by atoms with Gasteiger partial charge in [-0.15, -0.1) is 0 Å². The lowest BCUT2D eigenvalue weighted by Crippen LogP contribution is -2.48. The Labute approximate surface area is 238 Å². The molecule has 0 aliphatic carbocycles. The Morgan fingerprint density at radius 1 is 0.975 bits per heavy atom. The van der Waals surface area contributed by atoms with Gasteiger partial charge in [0.2, 0.25) is 21.8 Å². The SMILES string of the molecule is COc1ccc(CN(C(=O)CCc2ccc(S(=O)(=O)N3CCCC3)cc2)C(C)C(=O)NCCCOC(C)C)cc1. The summed E-state index contributed by atoms with van der Waals surface area (Å²) in [6.07, 6.45) is 3.21. The van der Waals surface area contributed by atoms with E-state index in [1.807, 2.05) is 38.1 Å². The van der Waals surface area contributed by atoms with Gasteiger partial charge in [0.25, 0.3) is 0 Å². The molecule has 1 atom stereocenters. The molecular weight excluding hydrogens is 530 g/mol. The highest BCUT2D eigenvalue weighted by molar-refractivity contribution is 7.89. The van der Waals surface area contributed by atoms with Crippen LogP contribution in [-0.2, 0) is 37.3 Å². The average Bonchev–Trinajstić information content (AvgIpc) is 3.50. The van der Waals surface area contributed by atoms with Crippen molar-refractivity contribution < 1.29 is 27.5 Å². The first kappa shape index (κ1) is 31.6. The number of methoxy groups -OCH3 is 1. The molecule has 1 aliphatic rings. The van der Waals surface area contributed by atoms with Crippen molar-refractivity contribution in [3.63, 3.8) is 0 Å². The first-order chi connectivity index (χ1) is 19.1. The van der Waals surface area contributed by atoms with Gasteiger partial charge in [-0.25, -0.2) is 8.42 Å². The van der Waals surface area contributed by atoms with Gasteiger partial charge in [-0.3, -0.25) is 9.59 Å². The van der Waals surface area contributed by atoms with Gasteiger partial charge in [0.05, 0.1) is 18.1 Å². The second kappa shape index (κ2) is 15.2. The molecule has 1 unspecified atom stereocenters. The molecule has 2 aromatic carbocycles. The summed E-state index contributed by atoms with van der Waals surface area (Å²) < 4.78 is 37.9.